The maximum atomic E-state index is 6.26. The zero-order valence-electron chi connectivity index (χ0n) is 12.1. The predicted molar refractivity (Wildman–Crippen MR) is 85.6 cm³/mol. The van der Waals surface area contributed by atoms with Gasteiger partial charge in [0.2, 0.25) is 5.13 Å². The van der Waals surface area contributed by atoms with Crippen LogP contribution in [0.3, 0.4) is 0 Å². The minimum Gasteiger partial charge on any atom is -0.327 e. The highest BCUT2D eigenvalue weighted by Crippen LogP contribution is 2.51. The van der Waals surface area contributed by atoms with Gasteiger partial charge in [0.25, 0.3) is 0 Å². The molecule has 2 fully saturated rings. The highest BCUT2D eigenvalue weighted by atomic mass is 32.1. The topological polar surface area (TPSA) is 76.6 Å². The number of hydrogen-bond donors (Lipinski definition) is 1. The number of pyridine rings is 1. The summed E-state index contributed by atoms with van der Waals surface area (Å²) in [5, 5.41) is 6.81. The third kappa shape index (κ3) is 1.76. The summed E-state index contributed by atoms with van der Waals surface area (Å²) in [6, 6.07) is 4.16. The third-order valence-corrected chi connectivity index (χ3v) is 6.21. The second-order valence-corrected chi connectivity index (χ2v) is 7.48. The lowest BCUT2D eigenvalue weighted by molar-refractivity contribution is -0.0147. The van der Waals surface area contributed by atoms with Crippen molar-refractivity contribution in [3.8, 4) is 0 Å². The SMILES string of the molecule is NC1CCC2CC1CC21C=NN(c2nc3cccnc3s2)O1. The van der Waals surface area contributed by atoms with Crippen LogP contribution in [0.25, 0.3) is 10.3 Å². The Balaban J connectivity index is 1.45. The first-order valence-electron chi connectivity index (χ1n) is 7.75. The van der Waals surface area contributed by atoms with Gasteiger partial charge in [0.1, 0.15) is 15.9 Å². The van der Waals surface area contributed by atoms with Crippen LogP contribution in [0, 0.1) is 11.8 Å². The number of nitrogens with two attached hydrogens (primary N) is 1. The zero-order valence-corrected chi connectivity index (χ0v) is 12.9. The largest absolute Gasteiger partial charge is 0.327 e. The Morgan fingerprint density at radius 2 is 2.36 bits per heavy atom. The molecule has 0 radical (unpaired) electrons. The monoisotopic (exact) mass is 315 g/mol. The lowest BCUT2D eigenvalue weighted by atomic mass is 9.83. The van der Waals surface area contributed by atoms with Gasteiger partial charge in [0, 0.05) is 12.2 Å². The maximum Gasteiger partial charge on any atom is 0.237 e. The Kier molecular flexibility index (Phi) is 2.62. The predicted octanol–water partition coefficient (Wildman–Crippen LogP) is 2.31. The molecule has 5 rings (SSSR count). The quantitative estimate of drug-likeness (QED) is 0.874. The Labute approximate surface area is 131 Å². The average molecular weight is 315 g/mol. The van der Waals surface area contributed by atoms with E-state index < -0.39 is 0 Å². The summed E-state index contributed by atoms with van der Waals surface area (Å²) in [6.45, 7) is 0. The first-order chi connectivity index (χ1) is 10.7. The number of anilines is 1. The van der Waals surface area contributed by atoms with Gasteiger partial charge in [0.05, 0.1) is 6.21 Å². The Hall–Kier alpha value is -1.57. The molecule has 1 aliphatic heterocycles. The molecule has 2 bridgehead atoms. The van der Waals surface area contributed by atoms with Crippen molar-refractivity contribution in [2.24, 2.45) is 22.7 Å². The van der Waals surface area contributed by atoms with E-state index in [0.29, 0.717) is 17.9 Å². The van der Waals surface area contributed by atoms with E-state index in [1.165, 1.54) is 11.3 Å². The average Bonchev–Trinajstić information content (AvgIpc) is 3.20. The lowest BCUT2D eigenvalue weighted by Crippen LogP contribution is -2.37. The minimum atomic E-state index is -0.274. The van der Waals surface area contributed by atoms with Crippen molar-refractivity contribution >= 4 is 33.0 Å². The van der Waals surface area contributed by atoms with Crippen LogP contribution in [0.2, 0.25) is 0 Å². The molecule has 22 heavy (non-hydrogen) atoms. The van der Waals surface area contributed by atoms with Crippen LogP contribution in [0.4, 0.5) is 5.13 Å². The van der Waals surface area contributed by atoms with Gasteiger partial charge in [-0.1, -0.05) is 11.3 Å². The molecule has 4 unspecified atom stereocenters. The summed E-state index contributed by atoms with van der Waals surface area (Å²) >= 11 is 1.50. The van der Waals surface area contributed by atoms with E-state index in [9.17, 15) is 0 Å². The molecule has 0 amide bonds. The van der Waals surface area contributed by atoms with Crippen molar-refractivity contribution in [1.29, 1.82) is 0 Å². The molecule has 2 aromatic heterocycles. The van der Waals surface area contributed by atoms with Gasteiger partial charge in [-0.3, -0.25) is 0 Å². The molecule has 4 atom stereocenters. The molecule has 0 aromatic carbocycles. The van der Waals surface area contributed by atoms with Crippen LogP contribution < -0.4 is 10.9 Å². The summed E-state index contributed by atoms with van der Waals surface area (Å²) in [6.07, 6.45) is 8.11. The fraction of sp³-hybridized carbons (Fsp3) is 0.533. The van der Waals surface area contributed by atoms with Gasteiger partial charge in [-0.25, -0.2) is 14.8 Å². The molecule has 2 N–H and O–H groups in total. The van der Waals surface area contributed by atoms with Crippen LogP contribution in [0.5, 0.6) is 0 Å². The summed E-state index contributed by atoms with van der Waals surface area (Å²) in [5.41, 5.74) is 6.84. The minimum absolute atomic E-state index is 0.274. The number of hydrogen-bond acceptors (Lipinski definition) is 7. The lowest BCUT2D eigenvalue weighted by Gasteiger charge is -2.28. The van der Waals surface area contributed by atoms with Crippen molar-refractivity contribution in [3.63, 3.8) is 0 Å². The van der Waals surface area contributed by atoms with E-state index in [2.05, 4.69) is 15.1 Å². The van der Waals surface area contributed by atoms with Crippen LogP contribution in [0.1, 0.15) is 25.7 Å². The fourth-order valence-corrected chi connectivity index (χ4v) is 4.91. The smallest absolute Gasteiger partial charge is 0.237 e. The summed E-state index contributed by atoms with van der Waals surface area (Å²) < 4.78 is 0. The fourth-order valence-electron chi connectivity index (χ4n) is 4.10. The number of nitrogens with zero attached hydrogens (tertiary/aromatic N) is 4. The van der Waals surface area contributed by atoms with Gasteiger partial charge in [0.15, 0.2) is 0 Å². The molecule has 1 spiro atoms. The highest BCUT2D eigenvalue weighted by molar-refractivity contribution is 7.21. The molecule has 3 aliphatic rings. The van der Waals surface area contributed by atoms with Gasteiger partial charge < -0.3 is 5.73 Å². The number of rotatable bonds is 1. The van der Waals surface area contributed by atoms with Gasteiger partial charge in [-0.05, 0) is 49.7 Å². The van der Waals surface area contributed by atoms with Crippen molar-refractivity contribution in [2.75, 3.05) is 5.17 Å². The molecule has 2 aliphatic carbocycles. The first-order valence-corrected chi connectivity index (χ1v) is 8.57. The van der Waals surface area contributed by atoms with Crippen LogP contribution >= 0.6 is 11.3 Å². The van der Waals surface area contributed by atoms with E-state index in [1.807, 2.05) is 18.3 Å². The molecule has 114 valence electrons. The van der Waals surface area contributed by atoms with Gasteiger partial charge in [-0.2, -0.15) is 5.10 Å². The van der Waals surface area contributed by atoms with Crippen LogP contribution in [0.15, 0.2) is 23.4 Å². The third-order valence-electron chi connectivity index (χ3n) is 5.27. The van der Waals surface area contributed by atoms with Crippen molar-refractivity contribution in [2.45, 2.75) is 37.3 Å². The molecule has 2 saturated carbocycles. The van der Waals surface area contributed by atoms with Crippen molar-refractivity contribution < 1.29 is 4.84 Å². The Morgan fingerprint density at radius 1 is 1.41 bits per heavy atom. The molecule has 3 heterocycles. The number of thiazole rings is 1. The second kappa shape index (κ2) is 4.47. The number of fused-ring (bicyclic) bond motifs is 4. The van der Waals surface area contributed by atoms with E-state index in [1.54, 1.807) is 11.4 Å². The molecular formula is C15H17N5OS. The first kappa shape index (κ1) is 12.9. The van der Waals surface area contributed by atoms with E-state index in [4.69, 9.17) is 10.6 Å². The van der Waals surface area contributed by atoms with E-state index in [0.717, 1.165) is 41.2 Å². The molecular weight excluding hydrogens is 298 g/mol. The maximum absolute atomic E-state index is 6.26. The normalized spacial score (nSPS) is 36.8. The Bertz CT molecular complexity index is 728. The molecule has 2 aromatic rings. The second-order valence-electron chi connectivity index (χ2n) is 6.53. The van der Waals surface area contributed by atoms with Crippen LogP contribution in [-0.2, 0) is 4.84 Å². The standard InChI is InChI=1S/C15H17N5OS/c16-11-4-3-10-6-9(11)7-15(10)8-18-20(21-15)14-19-12-2-1-5-17-13(12)22-14/h1-2,5,8-11H,3-4,6-7,16H2. The van der Waals surface area contributed by atoms with E-state index in [-0.39, 0.29) is 5.60 Å². The van der Waals surface area contributed by atoms with Gasteiger partial charge >= 0.3 is 0 Å². The summed E-state index contributed by atoms with van der Waals surface area (Å²) in [5.74, 6) is 1.08. The van der Waals surface area contributed by atoms with Crippen LogP contribution in [-0.4, -0.2) is 27.8 Å². The number of aromatic nitrogens is 2. The van der Waals surface area contributed by atoms with Gasteiger partial charge in [-0.15, -0.1) is 5.17 Å². The molecule has 7 heteroatoms. The van der Waals surface area contributed by atoms with Crippen molar-refractivity contribution in [3.05, 3.63) is 18.3 Å². The molecule has 0 saturated heterocycles. The van der Waals surface area contributed by atoms with E-state index >= 15 is 0 Å². The highest BCUT2D eigenvalue weighted by Gasteiger charge is 2.55. The summed E-state index contributed by atoms with van der Waals surface area (Å²) in [7, 11) is 0. The molecule has 6 nitrogen and oxygen atoms in total. The Morgan fingerprint density at radius 3 is 3.23 bits per heavy atom. The number of hydrazone groups is 1. The van der Waals surface area contributed by atoms with Crippen molar-refractivity contribution in [1.82, 2.24) is 9.97 Å². The summed E-state index contributed by atoms with van der Waals surface area (Å²) in [4.78, 5) is 16.1. The zero-order chi connectivity index (χ0) is 14.7.